The lowest BCUT2D eigenvalue weighted by Crippen LogP contribution is -2.30. The molecule has 0 aromatic heterocycles. The standard InChI is InChI=1S/C87H170O17P2/c1-6-10-13-16-19-21-23-25-27-29-31-32-33-35-37-39-44-48-52-57-62-67-73-87(92)104-83(77-98-85(90)71-66-61-56-51-47-43-38-36-34-30-28-26-24-22-20-17-14-11-7-2)79-102-106(95,96)100-75-81(88)74-99-105(93,94)101-78-82(76-97-84(89)70-65-60-54-18-15-12-8-3)103-86(91)72-68-63-58-53-49-45-41-40-42-46-50-55-59-64-69-80(5)9-4/h80-83,88H,6-79H2,1-5H3,(H,93,94)(H,95,96)/t80?,81-,82+,83+/m0/s1. The second kappa shape index (κ2) is 79.7. The van der Waals surface area contributed by atoms with Crippen molar-refractivity contribution in [3.8, 4) is 0 Å². The largest absolute Gasteiger partial charge is 0.472 e. The molecule has 0 aromatic carbocycles. The molecule has 0 saturated heterocycles. The zero-order valence-corrected chi connectivity index (χ0v) is 71.4. The zero-order chi connectivity index (χ0) is 77.6. The van der Waals surface area contributed by atoms with Crippen molar-refractivity contribution < 1.29 is 80.2 Å². The molecule has 0 aromatic rings. The maximum absolute atomic E-state index is 13.1. The van der Waals surface area contributed by atoms with Crippen LogP contribution < -0.4 is 0 Å². The maximum Gasteiger partial charge on any atom is 0.472 e. The van der Waals surface area contributed by atoms with E-state index in [1.165, 1.54) is 283 Å². The van der Waals surface area contributed by atoms with Gasteiger partial charge in [-0.15, -0.1) is 0 Å². The first-order chi connectivity index (χ1) is 51.6. The Hall–Kier alpha value is -1.94. The van der Waals surface area contributed by atoms with Crippen molar-refractivity contribution >= 4 is 39.5 Å². The number of aliphatic hydroxyl groups excluding tert-OH is 1. The van der Waals surface area contributed by atoms with E-state index < -0.39 is 97.5 Å². The molecule has 106 heavy (non-hydrogen) atoms. The Bertz CT molecular complexity index is 2020. The highest BCUT2D eigenvalue weighted by atomic mass is 31.2. The fraction of sp³-hybridized carbons (Fsp3) is 0.954. The molecule has 0 radical (unpaired) electrons. The van der Waals surface area contributed by atoms with Gasteiger partial charge in [0.2, 0.25) is 0 Å². The number of aliphatic hydroxyl groups is 1. The van der Waals surface area contributed by atoms with Gasteiger partial charge in [0.15, 0.2) is 12.2 Å². The Morgan fingerprint density at radius 3 is 0.670 bits per heavy atom. The van der Waals surface area contributed by atoms with E-state index in [-0.39, 0.29) is 25.7 Å². The third kappa shape index (κ3) is 78.7. The van der Waals surface area contributed by atoms with E-state index in [1.54, 1.807) is 0 Å². The number of ether oxygens (including phenoxy) is 4. The monoisotopic (exact) mass is 1550 g/mol. The Labute approximate surface area is 651 Å². The highest BCUT2D eigenvalue weighted by Crippen LogP contribution is 2.45. The molecular weight excluding hydrogens is 1380 g/mol. The van der Waals surface area contributed by atoms with Crippen molar-refractivity contribution in [2.75, 3.05) is 39.6 Å². The molecule has 0 aliphatic carbocycles. The first-order valence-corrected chi connectivity index (χ1v) is 48.2. The van der Waals surface area contributed by atoms with E-state index in [4.69, 9.17) is 37.0 Å². The van der Waals surface area contributed by atoms with Crippen LogP contribution in [0.15, 0.2) is 0 Å². The lowest BCUT2D eigenvalue weighted by Gasteiger charge is -2.21. The summed E-state index contributed by atoms with van der Waals surface area (Å²) in [6.07, 6.45) is 73.9. The highest BCUT2D eigenvalue weighted by molar-refractivity contribution is 7.47. The first kappa shape index (κ1) is 104. The molecule has 0 aliphatic heterocycles. The summed E-state index contributed by atoms with van der Waals surface area (Å²) in [7, 11) is -9.92. The average Bonchev–Trinajstić information content (AvgIpc) is 0.902. The van der Waals surface area contributed by atoms with Crippen LogP contribution in [0.1, 0.15) is 471 Å². The van der Waals surface area contributed by atoms with Gasteiger partial charge in [0, 0.05) is 25.7 Å². The number of rotatable bonds is 87. The van der Waals surface area contributed by atoms with Gasteiger partial charge in [-0.25, -0.2) is 9.13 Å². The van der Waals surface area contributed by atoms with Crippen molar-refractivity contribution in [2.24, 2.45) is 5.92 Å². The van der Waals surface area contributed by atoms with Gasteiger partial charge in [0.05, 0.1) is 26.4 Å². The number of unbranched alkanes of at least 4 members (excludes halogenated alkanes) is 58. The number of carbonyl (C=O) groups excluding carboxylic acids is 4. The molecule has 3 N–H and O–H groups in total. The summed E-state index contributed by atoms with van der Waals surface area (Å²) in [4.78, 5) is 73.1. The summed E-state index contributed by atoms with van der Waals surface area (Å²) in [6, 6.07) is 0. The summed E-state index contributed by atoms with van der Waals surface area (Å²) >= 11 is 0. The Balaban J connectivity index is 5.15. The van der Waals surface area contributed by atoms with Crippen molar-refractivity contribution in [1.29, 1.82) is 0 Å². The molecule has 630 valence electrons. The van der Waals surface area contributed by atoms with Crippen LogP contribution in [0.5, 0.6) is 0 Å². The predicted octanol–water partition coefficient (Wildman–Crippen LogP) is 26.8. The molecule has 17 nitrogen and oxygen atoms in total. The SMILES string of the molecule is CCCCCCCCCCCCCCCCCCCCCCCCC(=O)O[C@H](COC(=O)CCCCCCCCCCCCCCCCCCCCC)COP(=O)(O)OC[C@@H](O)COP(=O)(O)OC[C@@H](COC(=O)CCCCCCCCC)OC(=O)CCCCCCCCCCCCCCCCC(C)CC. The molecule has 0 rings (SSSR count). The summed E-state index contributed by atoms with van der Waals surface area (Å²) in [5, 5.41) is 10.7. The second-order valence-corrected chi connectivity index (χ2v) is 34.4. The lowest BCUT2D eigenvalue weighted by molar-refractivity contribution is -0.161. The molecule has 0 saturated carbocycles. The minimum Gasteiger partial charge on any atom is -0.462 e. The van der Waals surface area contributed by atoms with Gasteiger partial charge >= 0.3 is 39.5 Å². The normalized spacial score (nSPS) is 14.0. The topological polar surface area (TPSA) is 237 Å². The number of phosphoric acid groups is 2. The quantitative estimate of drug-likeness (QED) is 0.0222. The zero-order valence-electron chi connectivity index (χ0n) is 69.6. The fourth-order valence-electron chi connectivity index (χ4n) is 13.6. The molecule has 0 bridgehead atoms. The number of carbonyl (C=O) groups is 4. The predicted molar refractivity (Wildman–Crippen MR) is 437 cm³/mol. The van der Waals surface area contributed by atoms with Crippen LogP contribution in [0.4, 0.5) is 0 Å². The Kier molecular flexibility index (Phi) is 78.2. The van der Waals surface area contributed by atoms with Crippen LogP contribution >= 0.6 is 15.6 Å². The number of hydrogen-bond acceptors (Lipinski definition) is 15. The van der Waals surface area contributed by atoms with Gasteiger partial charge in [-0.2, -0.15) is 0 Å². The van der Waals surface area contributed by atoms with E-state index in [0.29, 0.717) is 25.7 Å². The van der Waals surface area contributed by atoms with Crippen LogP contribution in [0.2, 0.25) is 0 Å². The molecule has 0 aliphatic rings. The van der Waals surface area contributed by atoms with Crippen molar-refractivity contribution in [1.82, 2.24) is 0 Å². The van der Waals surface area contributed by atoms with Crippen molar-refractivity contribution in [3.05, 3.63) is 0 Å². The number of hydrogen-bond donors (Lipinski definition) is 3. The van der Waals surface area contributed by atoms with Gasteiger partial charge in [0.1, 0.15) is 19.3 Å². The van der Waals surface area contributed by atoms with Gasteiger partial charge < -0.3 is 33.8 Å². The molecular formula is C87H170O17P2. The van der Waals surface area contributed by atoms with Crippen molar-refractivity contribution in [2.45, 2.75) is 490 Å². The smallest absolute Gasteiger partial charge is 0.462 e. The van der Waals surface area contributed by atoms with E-state index in [9.17, 15) is 43.2 Å². The molecule has 19 heteroatoms. The van der Waals surface area contributed by atoms with Gasteiger partial charge in [-0.05, 0) is 31.6 Å². The van der Waals surface area contributed by atoms with Gasteiger partial charge in [-0.1, -0.05) is 420 Å². The minimum absolute atomic E-state index is 0.108. The summed E-state index contributed by atoms with van der Waals surface area (Å²) in [5.41, 5.74) is 0. The molecule has 0 amide bonds. The van der Waals surface area contributed by atoms with Crippen LogP contribution in [0.25, 0.3) is 0 Å². The number of esters is 4. The van der Waals surface area contributed by atoms with Crippen LogP contribution in [0, 0.1) is 5.92 Å². The summed E-state index contributed by atoms with van der Waals surface area (Å²) in [6.45, 7) is 7.38. The van der Waals surface area contributed by atoms with E-state index >= 15 is 0 Å². The molecule has 3 unspecified atom stereocenters. The number of phosphoric ester groups is 2. The van der Waals surface area contributed by atoms with Crippen molar-refractivity contribution in [3.63, 3.8) is 0 Å². The van der Waals surface area contributed by atoms with E-state index in [1.807, 2.05) is 0 Å². The van der Waals surface area contributed by atoms with Crippen LogP contribution in [-0.2, 0) is 65.4 Å². The average molecular weight is 1550 g/mol. The minimum atomic E-state index is -4.96. The van der Waals surface area contributed by atoms with E-state index in [2.05, 4.69) is 34.6 Å². The third-order valence-corrected chi connectivity index (χ3v) is 22.8. The summed E-state index contributed by atoms with van der Waals surface area (Å²) in [5.74, 6) is -1.26. The van der Waals surface area contributed by atoms with Crippen LogP contribution in [0.3, 0.4) is 0 Å². The molecule has 0 heterocycles. The lowest BCUT2D eigenvalue weighted by atomic mass is 9.99. The Morgan fingerprint density at radius 2 is 0.453 bits per heavy atom. The first-order valence-electron chi connectivity index (χ1n) is 45.2. The molecule has 0 fully saturated rings. The Morgan fingerprint density at radius 1 is 0.264 bits per heavy atom. The molecule has 0 spiro atoms. The van der Waals surface area contributed by atoms with E-state index in [0.717, 1.165) is 109 Å². The second-order valence-electron chi connectivity index (χ2n) is 31.5. The fourth-order valence-corrected chi connectivity index (χ4v) is 15.2. The van der Waals surface area contributed by atoms with Gasteiger partial charge in [-0.3, -0.25) is 37.3 Å². The third-order valence-electron chi connectivity index (χ3n) is 20.9. The van der Waals surface area contributed by atoms with Crippen LogP contribution in [-0.4, -0.2) is 96.7 Å². The maximum atomic E-state index is 13.1. The summed E-state index contributed by atoms with van der Waals surface area (Å²) < 4.78 is 68.8. The highest BCUT2D eigenvalue weighted by Gasteiger charge is 2.30. The molecule has 6 atom stereocenters. The van der Waals surface area contributed by atoms with Gasteiger partial charge in [0.25, 0.3) is 0 Å².